The highest BCUT2D eigenvalue weighted by molar-refractivity contribution is 7.73. The molecule has 6 heteroatoms. The predicted octanol–water partition coefficient (Wildman–Crippen LogP) is 2.39. The van der Waals surface area contributed by atoms with Crippen LogP contribution < -0.4 is 4.90 Å². The zero-order valence-electron chi connectivity index (χ0n) is 11.5. The third kappa shape index (κ3) is 3.51. The summed E-state index contributed by atoms with van der Waals surface area (Å²) in [4.78, 5) is 7.49. The van der Waals surface area contributed by atoms with Crippen molar-refractivity contribution in [2.75, 3.05) is 18.0 Å². The first kappa shape index (κ1) is 14.3. The molecule has 4 nitrogen and oxygen atoms in total. The quantitative estimate of drug-likeness (QED) is 0.815. The molecular formula is C15H16N2O2S2. The van der Waals surface area contributed by atoms with E-state index in [1.54, 1.807) is 11.3 Å². The number of anilines is 1. The number of rotatable bonds is 3. The molecule has 0 amide bonds. The van der Waals surface area contributed by atoms with E-state index in [0.29, 0.717) is 17.7 Å². The Morgan fingerprint density at radius 1 is 1.14 bits per heavy atom. The Labute approximate surface area is 129 Å². The molecule has 0 spiro atoms. The molecule has 2 heterocycles. The van der Waals surface area contributed by atoms with Gasteiger partial charge in [0.1, 0.15) is 0 Å². The minimum absolute atomic E-state index is 0.615. The number of thiazole rings is 1. The van der Waals surface area contributed by atoms with Crippen molar-refractivity contribution >= 4 is 31.6 Å². The van der Waals surface area contributed by atoms with Crippen molar-refractivity contribution in [3.05, 3.63) is 47.0 Å². The van der Waals surface area contributed by atoms with E-state index in [9.17, 15) is 8.42 Å². The van der Waals surface area contributed by atoms with E-state index in [0.717, 1.165) is 30.3 Å². The number of nitrogens with zero attached hydrogens (tertiary/aromatic N) is 2. The van der Waals surface area contributed by atoms with Crippen molar-refractivity contribution in [3.8, 4) is 0 Å². The molecule has 1 saturated heterocycles. The molecule has 0 atom stereocenters. The van der Waals surface area contributed by atoms with Gasteiger partial charge in [-0.1, -0.05) is 30.3 Å². The number of aromatic nitrogens is 1. The van der Waals surface area contributed by atoms with Gasteiger partial charge >= 0.3 is 0 Å². The van der Waals surface area contributed by atoms with Crippen molar-refractivity contribution in [1.82, 2.24) is 4.98 Å². The SMILES string of the molecule is O=S(=O)=C1CCN(c2nc(Cc3ccccc3)cs2)CC1. The summed E-state index contributed by atoms with van der Waals surface area (Å²) in [7, 11) is -2.02. The molecule has 0 radical (unpaired) electrons. The van der Waals surface area contributed by atoms with Gasteiger partial charge in [0.05, 0.1) is 10.6 Å². The summed E-state index contributed by atoms with van der Waals surface area (Å²) in [5.74, 6) is 0. The molecule has 110 valence electrons. The van der Waals surface area contributed by atoms with Gasteiger partial charge in [0.15, 0.2) is 5.13 Å². The lowest BCUT2D eigenvalue weighted by molar-refractivity contribution is 0.625. The molecule has 1 aliphatic heterocycles. The summed E-state index contributed by atoms with van der Waals surface area (Å²) in [5.41, 5.74) is 2.33. The van der Waals surface area contributed by atoms with Crippen LogP contribution in [0, 0.1) is 0 Å². The summed E-state index contributed by atoms with van der Waals surface area (Å²) in [5, 5.41) is 3.09. The fourth-order valence-electron chi connectivity index (χ4n) is 2.44. The molecule has 0 saturated carbocycles. The van der Waals surface area contributed by atoms with Gasteiger partial charge in [-0.15, -0.1) is 11.3 Å². The van der Waals surface area contributed by atoms with Crippen LogP contribution in [0.15, 0.2) is 35.7 Å². The number of piperidine rings is 1. The zero-order valence-corrected chi connectivity index (χ0v) is 13.2. The van der Waals surface area contributed by atoms with E-state index < -0.39 is 10.3 Å². The Bertz CT molecular complexity index is 733. The van der Waals surface area contributed by atoms with Gasteiger partial charge in [0, 0.05) is 37.7 Å². The normalized spacial score (nSPS) is 15.2. The second-order valence-electron chi connectivity index (χ2n) is 5.04. The summed E-state index contributed by atoms with van der Waals surface area (Å²) < 4.78 is 21.9. The maximum atomic E-state index is 10.9. The predicted molar refractivity (Wildman–Crippen MR) is 86.7 cm³/mol. The van der Waals surface area contributed by atoms with Gasteiger partial charge in [0.25, 0.3) is 0 Å². The smallest absolute Gasteiger partial charge is 0.213 e. The van der Waals surface area contributed by atoms with Crippen LogP contribution >= 0.6 is 11.3 Å². The largest absolute Gasteiger partial charge is 0.347 e. The molecule has 0 unspecified atom stereocenters. The third-order valence-corrected chi connectivity index (χ3v) is 5.42. The topological polar surface area (TPSA) is 50.3 Å². The molecule has 21 heavy (non-hydrogen) atoms. The first-order chi connectivity index (χ1) is 10.2. The van der Waals surface area contributed by atoms with Gasteiger partial charge < -0.3 is 4.90 Å². The van der Waals surface area contributed by atoms with Gasteiger partial charge in [-0.2, -0.15) is 8.42 Å². The maximum Gasteiger partial charge on any atom is 0.213 e. The first-order valence-electron chi connectivity index (χ1n) is 6.89. The second kappa shape index (κ2) is 6.41. The van der Waals surface area contributed by atoms with Gasteiger partial charge in [0.2, 0.25) is 10.3 Å². The van der Waals surface area contributed by atoms with E-state index >= 15 is 0 Å². The van der Waals surface area contributed by atoms with Crippen molar-refractivity contribution in [2.24, 2.45) is 0 Å². The monoisotopic (exact) mass is 320 g/mol. The van der Waals surface area contributed by atoms with Crippen LogP contribution in [0.25, 0.3) is 0 Å². The Kier molecular flexibility index (Phi) is 4.36. The zero-order chi connectivity index (χ0) is 14.7. The van der Waals surface area contributed by atoms with Gasteiger partial charge in [-0.25, -0.2) is 4.98 Å². The molecule has 2 aromatic rings. The average Bonchev–Trinajstić information content (AvgIpc) is 2.97. The minimum atomic E-state index is -2.02. The second-order valence-corrected chi connectivity index (χ2v) is 6.93. The Morgan fingerprint density at radius 3 is 2.52 bits per heavy atom. The number of hydrogen-bond donors (Lipinski definition) is 0. The highest BCUT2D eigenvalue weighted by atomic mass is 32.2. The average molecular weight is 320 g/mol. The lowest BCUT2D eigenvalue weighted by Gasteiger charge is -2.26. The molecule has 1 aliphatic rings. The van der Waals surface area contributed by atoms with Crippen molar-refractivity contribution in [2.45, 2.75) is 19.3 Å². The Hall–Kier alpha value is -1.66. The van der Waals surface area contributed by atoms with Gasteiger partial charge in [-0.05, 0) is 5.56 Å². The molecular weight excluding hydrogens is 304 g/mol. The van der Waals surface area contributed by atoms with E-state index in [1.807, 2.05) is 18.2 Å². The molecule has 1 aromatic carbocycles. The van der Waals surface area contributed by atoms with E-state index in [-0.39, 0.29) is 0 Å². The summed E-state index contributed by atoms with van der Waals surface area (Å²) in [6, 6.07) is 10.3. The summed E-state index contributed by atoms with van der Waals surface area (Å²) in [6.07, 6.45) is 2.07. The third-order valence-electron chi connectivity index (χ3n) is 3.60. The van der Waals surface area contributed by atoms with Crippen LogP contribution in [-0.2, 0) is 16.7 Å². The van der Waals surface area contributed by atoms with E-state index in [4.69, 9.17) is 0 Å². The van der Waals surface area contributed by atoms with Crippen molar-refractivity contribution < 1.29 is 8.42 Å². The number of benzene rings is 1. The Morgan fingerprint density at radius 2 is 1.86 bits per heavy atom. The fraction of sp³-hybridized carbons (Fsp3) is 0.333. The lowest BCUT2D eigenvalue weighted by atomic mass is 10.1. The van der Waals surface area contributed by atoms with E-state index in [1.165, 1.54) is 5.56 Å². The first-order valence-corrected chi connectivity index (χ1v) is 8.85. The van der Waals surface area contributed by atoms with Crippen LogP contribution in [0.4, 0.5) is 5.13 Å². The fourth-order valence-corrected chi connectivity index (χ4v) is 3.84. The minimum Gasteiger partial charge on any atom is -0.347 e. The highest BCUT2D eigenvalue weighted by Gasteiger charge is 2.18. The summed E-state index contributed by atoms with van der Waals surface area (Å²) in [6.45, 7) is 1.48. The molecule has 0 aliphatic carbocycles. The van der Waals surface area contributed by atoms with Crippen LogP contribution in [0.2, 0.25) is 0 Å². The highest BCUT2D eigenvalue weighted by Crippen LogP contribution is 2.24. The molecule has 0 bridgehead atoms. The van der Waals surface area contributed by atoms with Crippen molar-refractivity contribution in [3.63, 3.8) is 0 Å². The van der Waals surface area contributed by atoms with Crippen LogP contribution in [0.3, 0.4) is 0 Å². The molecule has 1 fully saturated rings. The summed E-state index contributed by atoms with van der Waals surface area (Å²) >= 11 is 1.64. The molecule has 1 aromatic heterocycles. The van der Waals surface area contributed by atoms with Crippen LogP contribution in [0.1, 0.15) is 24.1 Å². The van der Waals surface area contributed by atoms with Gasteiger partial charge in [-0.3, -0.25) is 0 Å². The van der Waals surface area contributed by atoms with Crippen molar-refractivity contribution in [1.29, 1.82) is 0 Å². The van der Waals surface area contributed by atoms with Crippen LogP contribution in [-0.4, -0.2) is 31.4 Å². The molecule has 0 N–H and O–H groups in total. The Balaban J connectivity index is 1.67. The lowest BCUT2D eigenvalue weighted by Crippen LogP contribution is -2.34. The number of hydrogen-bond acceptors (Lipinski definition) is 5. The van der Waals surface area contributed by atoms with E-state index in [2.05, 4.69) is 27.4 Å². The van der Waals surface area contributed by atoms with Crippen LogP contribution in [0.5, 0.6) is 0 Å². The maximum absolute atomic E-state index is 10.9. The standard InChI is InChI=1S/C15H16N2O2S2/c18-21(19)14-6-8-17(9-7-14)15-16-13(11-20-15)10-12-4-2-1-3-5-12/h1-5,11H,6-10H2. The molecule has 3 rings (SSSR count).